The molecule has 4 nitrogen and oxygen atoms in total. The molecule has 0 radical (unpaired) electrons. The van der Waals surface area contributed by atoms with Crippen molar-refractivity contribution in [3.63, 3.8) is 0 Å². The van der Waals surface area contributed by atoms with Gasteiger partial charge in [0, 0.05) is 6.42 Å². The van der Waals surface area contributed by atoms with Gasteiger partial charge in [-0.25, -0.2) is 9.13 Å². The normalized spacial score (nSPS) is 10.9. The summed E-state index contributed by atoms with van der Waals surface area (Å²) in [5.41, 5.74) is 1.33. The fraction of sp³-hybridized carbons (Fsp3) is 0.474. The predicted octanol–water partition coefficient (Wildman–Crippen LogP) is 2.33. The molecule has 1 aromatic heterocycles. The number of benzene rings is 1. The smallest absolute Gasteiger partial charge is 0.256 e. The Labute approximate surface area is 138 Å². The molecule has 4 heteroatoms. The number of nitrogens with zero attached hydrogens (tertiary/aromatic N) is 2. The van der Waals surface area contributed by atoms with Crippen molar-refractivity contribution >= 4 is 5.97 Å². The zero-order valence-electron chi connectivity index (χ0n) is 14.1. The lowest BCUT2D eigenvalue weighted by Crippen LogP contribution is -2.37. The summed E-state index contributed by atoms with van der Waals surface area (Å²) in [5, 5.41) is 10.8. The maximum Gasteiger partial charge on any atom is 0.256 e. The van der Waals surface area contributed by atoms with E-state index in [1.165, 1.54) is 31.5 Å². The van der Waals surface area contributed by atoms with Gasteiger partial charge in [-0.05, 0) is 24.5 Å². The van der Waals surface area contributed by atoms with Crippen LogP contribution in [0.5, 0.6) is 0 Å². The number of carbonyl (C=O) groups is 1. The average molecular weight is 314 g/mol. The van der Waals surface area contributed by atoms with E-state index >= 15 is 0 Å². The van der Waals surface area contributed by atoms with Gasteiger partial charge in [-0.2, -0.15) is 0 Å². The Morgan fingerprint density at radius 2 is 1.87 bits per heavy atom. The largest absolute Gasteiger partial charge is 0.545 e. The number of aromatic nitrogens is 2. The second kappa shape index (κ2) is 8.51. The molecule has 124 valence electrons. The Morgan fingerprint density at radius 1 is 1.13 bits per heavy atom. The third kappa shape index (κ3) is 4.68. The highest BCUT2D eigenvalue weighted by Crippen LogP contribution is 2.08. The lowest BCUT2D eigenvalue weighted by atomic mass is 10.1. The highest BCUT2D eigenvalue weighted by atomic mass is 16.4. The molecule has 0 aliphatic rings. The summed E-state index contributed by atoms with van der Waals surface area (Å²) < 4.78 is 4.56. The van der Waals surface area contributed by atoms with Gasteiger partial charge in [0.25, 0.3) is 5.82 Å². The van der Waals surface area contributed by atoms with Gasteiger partial charge in [-0.3, -0.25) is 0 Å². The fourth-order valence-electron chi connectivity index (χ4n) is 2.87. The summed E-state index contributed by atoms with van der Waals surface area (Å²) in [6.45, 7) is 6.13. The Balaban J connectivity index is 2.09. The number of carboxylic acids is 1. The van der Waals surface area contributed by atoms with E-state index in [2.05, 4.69) is 35.4 Å². The van der Waals surface area contributed by atoms with E-state index in [0.717, 1.165) is 25.1 Å². The SMILES string of the molecule is CCCCCCc1n(CC)cc[n+]1Cc1ccc(C(=O)[O-])cc1. The minimum Gasteiger partial charge on any atom is -0.545 e. The van der Waals surface area contributed by atoms with E-state index in [1.54, 1.807) is 12.1 Å². The molecule has 1 heterocycles. The Hall–Kier alpha value is -2.10. The zero-order valence-corrected chi connectivity index (χ0v) is 14.1. The summed E-state index contributed by atoms with van der Waals surface area (Å²) in [4.78, 5) is 10.8. The fourth-order valence-corrected chi connectivity index (χ4v) is 2.87. The quantitative estimate of drug-likeness (QED) is 0.527. The summed E-state index contributed by atoms with van der Waals surface area (Å²) in [7, 11) is 0. The van der Waals surface area contributed by atoms with Gasteiger partial charge in [0.1, 0.15) is 18.9 Å². The molecule has 0 saturated carbocycles. The number of aryl methyl sites for hydroxylation is 1. The molecule has 0 amide bonds. The second-order valence-corrected chi connectivity index (χ2v) is 5.92. The van der Waals surface area contributed by atoms with Crippen LogP contribution in [0.15, 0.2) is 36.7 Å². The summed E-state index contributed by atoms with van der Waals surface area (Å²) in [5.74, 6) is 0.213. The minimum absolute atomic E-state index is 0.227. The van der Waals surface area contributed by atoms with Crippen LogP contribution in [0.2, 0.25) is 0 Å². The van der Waals surface area contributed by atoms with Crippen LogP contribution < -0.4 is 9.67 Å². The number of aromatic carboxylic acids is 1. The third-order valence-electron chi connectivity index (χ3n) is 4.23. The first-order chi connectivity index (χ1) is 11.2. The van der Waals surface area contributed by atoms with Crippen molar-refractivity contribution < 1.29 is 14.5 Å². The molecule has 0 saturated heterocycles. The van der Waals surface area contributed by atoms with Gasteiger partial charge >= 0.3 is 0 Å². The molecule has 0 aliphatic carbocycles. The molecule has 0 aliphatic heterocycles. The van der Waals surface area contributed by atoms with Crippen LogP contribution in [-0.4, -0.2) is 10.5 Å². The first-order valence-electron chi connectivity index (χ1n) is 8.53. The van der Waals surface area contributed by atoms with Gasteiger partial charge in [0.15, 0.2) is 0 Å². The zero-order chi connectivity index (χ0) is 16.7. The van der Waals surface area contributed by atoms with Crippen molar-refractivity contribution in [3.8, 4) is 0 Å². The summed E-state index contributed by atoms with van der Waals surface area (Å²) in [6, 6.07) is 6.95. The van der Waals surface area contributed by atoms with E-state index in [9.17, 15) is 9.90 Å². The van der Waals surface area contributed by atoms with Crippen LogP contribution >= 0.6 is 0 Å². The predicted molar refractivity (Wildman–Crippen MR) is 88.0 cm³/mol. The van der Waals surface area contributed by atoms with Crippen molar-refractivity contribution in [2.75, 3.05) is 0 Å². The van der Waals surface area contributed by atoms with Crippen LogP contribution in [0.4, 0.5) is 0 Å². The van der Waals surface area contributed by atoms with Gasteiger partial charge < -0.3 is 9.90 Å². The van der Waals surface area contributed by atoms with Crippen molar-refractivity contribution in [2.45, 2.75) is 59.0 Å². The van der Waals surface area contributed by atoms with Crippen LogP contribution in [0, 0.1) is 0 Å². The Morgan fingerprint density at radius 3 is 2.48 bits per heavy atom. The van der Waals surface area contributed by atoms with E-state index in [0.29, 0.717) is 0 Å². The lowest BCUT2D eigenvalue weighted by Gasteiger charge is -2.06. The van der Waals surface area contributed by atoms with E-state index in [4.69, 9.17) is 0 Å². The molecule has 2 aromatic rings. The molecule has 0 spiro atoms. The number of rotatable bonds is 9. The molecule has 2 rings (SSSR count). The van der Waals surface area contributed by atoms with Gasteiger partial charge in [0.2, 0.25) is 0 Å². The number of imidazole rings is 1. The van der Waals surface area contributed by atoms with Crippen LogP contribution in [0.25, 0.3) is 0 Å². The lowest BCUT2D eigenvalue weighted by molar-refractivity contribution is -0.695. The first kappa shape index (κ1) is 17.3. The maximum atomic E-state index is 10.8. The van der Waals surface area contributed by atoms with Crippen molar-refractivity contribution in [2.24, 2.45) is 0 Å². The highest BCUT2D eigenvalue weighted by molar-refractivity contribution is 5.85. The molecule has 0 fully saturated rings. The Kier molecular flexibility index (Phi) is 6.39. The molecular weight excluding hydrogens is 288 g/mol. The number of hydrogen-bond acceptors (Lipinski definition) is 2. The van der Waals surface area contributed by atoms with Crippen LogP contribution in [0.3, 0.4) is 0 Å². The summed E-state index contributed by atoms with van der Waals surface area (Å²) in [6.07, 6.45) is 10.3. The van der Waals surface area contributed by atoms with Crippen LogP contribution in [-0.2, 0) is 19.5 Å². The standard InChI is InChI=1S/C19H26N2O2/c1-3-5-6-7-8-18-20(4-2)13-14-21(18)15-16-9-11-17(12-10-16)19(22)23/h9-14H,3-8,15H2,1-2H3. The van der Waals surface area contributed by atoms with Crippen molar-refractivity contribution in [1.82, 2.24) is 4.57 Å². The van der Waals surface area contributed by atoms with Gasteiger partial charge in [-0.15, -0.1) is 0 Å². The highest BCUT2D eigenvalue weighted by Gasteiger charge is 2.15. The molecule has 0 N–H and O–H groups in total. The van der Waals surface area contributed by atoms with Gasteiger partial charge in [0.05, 0.1) is 12.5 Å². The number of carbonyl (C=O) groups excluding carboxylic acids is 1. The van der Waals surface area contributed by atoms with E-state index < -0.39 is 5.97 Å². The number of hydrogen-bond donors (Lipinski definition) is 0. The molecule has 0 unspecified atom stereocenters. The van der Waals surface area contributed by atoms with Crippen LogP contribution in [0.1, 0.15) is 61.3 Å². The van der Waals surface area contributed by atoms with E-state index in [-0.39, 0.29) is 5.56 Å². The molecular formula is C19H26N2O2. The second-order valence-electron chi connectivity index (χ2n) is 5.92. The molecule has 1 aromatic carbocycles. The molecule has 23 heavy (non-hydrogen) atoms. The molecule has 0 atom stereocenters. The Bertz CT molecular complexity index is 629. The van der Waals surface area contributed by atoms with Gasteiger partial charge in [-0.1, -0.05) is 50.5 Å². The monoisotopic (exact) mass is 314 g/mol. The maximum absolute atomic E-state index is 10.8. The third-order valence-corrected chi connectivity index (χ3v) is 4.23. The molecule has 0 bridgehead atoms. The average Bonchev–Trinajstić information content (AvgIpc) is 2.94. The van der Waals surface area contributed by atoms with E-state index in [1.807, 2.05) is 12.1 Å². The topological polar surface area (TPSA) is 48.9 Å². The number of carboxylic acid groups (broad SMARTS) is 1. The van der Waals surface area contributed by atoms with Crippen molar-refractivity contribution in [3.05, 3.63) is 53.6 Å². The first-order valence-corrected chi connectivity index (χ1v) is 8.53. The summed E-state index contributed by atoms with van der Waals surface area (Å²) >= 11 is 0. The number of unbranched alkanes of at least 4 members (excludes halogenated alkanes) is 3. The van der Waals surface area contributed by atoms with Crippen molar-refractivity contribution in [1.29, 1.82) is 0 Å². The minimum atomic E-state index is -1.13.